The van der Waals surface area contributed by atoms with Crippen molar-refractivity contribution in [3.63, 3.8) is 0 Å². The van der Waals surface area contributed by atoms with E-state index in [0.717, 1.165) is 0 Å². The van der Waals surface area contributed by atoms with Gasteiger partial charge in [0.05, 0.1) is 25.3 Å². The Morgan fingerprint density at radius 3 is 2.57 bits per heavy atom. The number of esters is 2. The molecule has 8 nitrogen and oxygen atoms in total. The molecule has 1 aromatic carbocycles. The van der Waals surface area contributed by atoms with E-state index >= 15 is 0 Å². The van der Waals surface area contributed by atoms with E-state index in [9.17, 15) is 9.59 Å². The Labute approximate surface area is 118 Å². The molecule has 2 rings (SSSR count). The van der Waals surface area contributed by atoms with Gasteiger partial charge in [-0.15, -0.1) is 0 Å². The van der Waals surface area contributed by atoms with Gasteiger partial charge in [-0.25, -0.2) is 14.6 Å². The minimum absolute atomic E-state index is 0.0660. The van der Waals surface area contributed by atoms with Crippen molar-refractivity contribution in [3.8, 4) is 0 Å². The van der Waals surface area contributed by atoms with Gasteiger partial charge in [0.1, 0.15) is 5.69 Å². The van der Waals surface area contributed by atoms with E-state index in [-0.39, 0.29) is 22.5 Å². The van der Waals surface area contributed by atoms with Crippen LogP contribution in [-0.4, -0.2) is 31.1 Å². The average Bonchev–Trinajstić information content (AvgIpc) is 2.52. The normalized spacial score (nSPS) is 9.81. The fourth-order valence-electron chi connectivity index (χ4n) is 1.85. The average molecular weight is 286 g/mol. The van der Waals surface area contributed by atoms with Crippen LogP contribution in [0.2, 0.25) is 0 Å². The molecule has 0 spiro atoms. The quantitative estimate of drug-likeness (QED) is 0.372. The summed E-state index contributed by atoms with van der Waals surface area (Å²) in [6, 6.07) is 6.03. The summed E-state index contributed by atoms with van der Waals surface area (Å²) in [5, 5.41) is 3.95. The number of ether oxygens (including phenoxy) is 2. The van der Waals surface area contributed by atoms with Crippen LogP contribution in [0.5, 0.6) is 0 Å². The summed E-state index contributed by atoms with van der Waals surface area (Å²) in [5.41, 5.74) is 9.09. The number of carbonyl (C=O) groups excluding carboxylic acids is 2. The van der Waals surface area contributed by atoms with E-state index in [1.807, 2.05) is 0 Å². The number of hydrogen-bond donors (Lipinski definition) is 0. The molecule has 0 unspecified atom stereocenters. The molecule has 0 saturated carbocycles. The molecule has 1 aromatic heterocycles. The molecule has 106 valence electrons. The molecule has 0 radical (unpaired) electrons. The molecule has 0 amide bonds. The molecule has 0 atom stereocenters. The van der Waals surface area contributed by atoms with E-state index in [1.54, 1.807) is 12.1 Å². The summed E-state index contributed by atoms with van der Waals surface area (Å²) in [6.45, 7) is 0. The Balaban J connectivity index is 2.85. The molecule has 8 heteroatoms. The van der Waals surface area contributed by atoms with Gasteiger partial charge in [0.25, 0.3) is 0 Å². The molecular weight excluding hydrogens is 276 g/mol. The van der Waals surface area contributed by atoms with E-state index in [0.29, 0.717) is 5.39 Å². The first kappa shape index (κ1) is 14.3. The second-order valence-corrected chi connectivity index (χ2v) is 3.90. The SMILES string of the molecule is COC(=O)c1cc(N=[N+]=[N-])c2cccc(C(=O)OC)c2n1. The van der Waals surface area contributed by atoms with Crippen molar-refractivity contribution in [1.29, 1.82) is 0 Å². The third-order valence-corrected chi connectivity index (χ3v) is 2.77. The van der Waals surface area contributed by atoms with Crippen molar-refractivity contribution >= 4 is 28.5 Å². The number of carbonyl (C=O) groups is 2. The zero-order valence-electron chi connectivity index (χ0n) is 11.2. The Bertz CT molecular complexity index is 781. The second kappa shape index (κ2) is 5.89. The van der Waals surface area contributed by atoms with Crippen LogP contribution in [0.15, 0.2) is 29.4 Å². The van der Waals surface area contributed by atoms with Crippen molar-refractivity contribution in [2.45, 2.75) is 0 Å². The van der Waals surface area contributed by atoms with Gasteiger partial charge in [-0.1, -0.05) is 17.2 Å². The predicted molar refractivity (Wildman–Crippen MR) is 73.2 cm³/mol. The smallest absolute Gasteiger partial charge is 0.356 e. The van der Waals surface area contributed by atoms with Crippen LogP contribution >= 0.6 is 0 Å². The fourth-order valence-corrected chi connectivity index (χ4v) is 1.85. The van der Waals surface area contributed by atoms with Crippen LogP contribution in [0.25, 0.3) is 21.3 Å². The van der Waals surface area contributed by atoms with Crippen LogP contribution < -0.4 is 0 Å². The Kier molecular flexibility index (Phi) is 4.01. The first-order valence-electron chi connectivity index (χ1n) is 5.78. The lowest BCUT2D eigenvalue weighted by Crippen LogP contribution is -2.07. The van der Waals surface area contributed by atoms with E-state index in [2.05, 4.69) is 24.5 Å². The highest BCUT2D eigenvalue weighted by molar-refractivity contribution is 6.07. The van der Waals surface area contributed by atoms with Gasteiger partial charge in [-0.3, -0.25) is 0 Å². The lowest BCUT2D eigenvalue weighted by molar-refractivity contribution is 0.0585. The van der Waals surface area contributed by atoms with Gasteiger partial charge in [-0.2, -0.15) is 0 Å². The number of azide groups is 1. The Morgan fingerprint density at radius 2 is 1.95 bits per heavy atom. The maximum Gasteiger partial charge on any atom is 0.356 e. The molecule has 0 bridgehead atoms. The minimum Gasteiger partial charge on any atom is -0.465 e. The van der Waals surface area contributed by atoms with Crippen molar-refractivity contribution in [2.24, 2.45) is 5.11 Å². The van der Waals surface area contributed by atoms with Gasteiger partial charge >= 0.3 is 11.9 Å². The number of pyridine rings is 1. The molecular formula is C13H10N4O4. The number of rotatable bonds is 3. The monoisotopic (exact) mass is 286 g/mol. The lowest BCUT2D eigenvalue weighted by Gasteiger charge is -2.08. The Morgan fingerprint density at radius 1 is 1.24 bits per heavy atom. The third-order valence-electron chi connectivity index (χ3n) is 2.77. The number of para-hydroxylation sites is 1. The molecule has 2 aromatic rings. The molecule has 0 aliphatic carbocycles. The maximum atomic E-state index is 11.8. The topological polar surface area (TPSA) is 114 Å². The minimum atomic E-state index is -0.703. The Hall–Kier alpha value is -3.12. The number of hydrogen-bond acceptors (Lipinski definition) is 6. The zero-order valence-corrected chi connectivity index (χ0v) is 11.2. The van der Waals surface area contributed by atoms with Crippen molar-refractivity contribution in [2.75, 3.05) is 14.2 Å². The molecule has 1 heterocycles. The summed E-state index contributed by atoms with van der Waals surface area (Å²) in [7, 11) is 2.44. The van der Waals surface area contributed by atoms with Gasteiger partial charge in [0.15, 0.2) is 0 Å². The summed E-state index contributed by atoms with van der Waals surface area (Å²) in [6.07, 6.45) is 0. The van der Waals surface area contributed by atoms with Gasteiger partial charge in [0, 0.05) is 16.0 Å². The molecule has 0 N–H and O–H groups in total. The van der Waals surface area contributed by atoms with Crippen molar-refractivity contribution in [1.82, 2.24) is 4.98 Å². The van der Waals surface area contributed by atoms with Crippen molar-refractivity contribution < 1.29 is 19.1 Å². The number of methoxy groups -OCH3 is 2. The van der Waals surface area contributed by atoms with Crippen molar-refractivity contribution in [3.05, 3.63) is 46.0 Å². The molecule has 0 aliphatic heterocycles. The number of aromatic nitrogens is 1. The largest absolute Gasteiger partial charge is 0.465 e. The van der Waals surface area contributed by atoms with Crippen LogP contribution in [0.3, 0.4) is 0 Å². The van der Waals surface area contributed by atoms with Crippen LogP contribution in [0.1, 0.15) is 20.8 Å². The molecule has 21 heavy (non-hydrogen) atoms. The molecule has 0 aliphatic rings. The third kappa shape index (κ3) is 2.60. The number of nitrogens with zero attached hydrogens (tertiary/aromatic N) is 4. The lowest BCUT2D eigenvalue weighted by atomic mass is 10.1. The highest BCUT2D eigenvalue weighted by Gasteiger charge is 2.17. The predicted octanol–water partition coefficient (Wildman–Crippen LogP) is 2.75. The summed E-state index contributed by atoms with van der Waals surface area (Å²) < 4.78 is 9.26. The van der Waals surface area contributed by atoms with Crippen LogP contribution in [0.4, 0.5) is 5.69 Å². The van der Waals surface area contributed by atoms with E-state index < -0.39 is 11.9 Å². The van der Waals surface area contributed by atoms with Gasteiger partial charge < -0.3 is 9.47 Å². The zero-order chi connectivity index (χ0) is 15.4. The highest BCUT2D eigenvalue weighted by atomic mass is 16.5. The second-order valence-electron chi connectivity index (χ2n) is 3.90. The standard InChI is InChI=1S/C13H10N4O4/c1-20-12(18)8-5-3-4-7-9(16-17-14)6-10(13(19)21-2)15-11(7)8/h3-6H,1-2H3. The summed E-state index contributed by atoms with van der Waals surface area (Å²) in [5.74, 6) is -1.31. The van der Waals surface area contributed by atoms with Gasteiger partial charge in [0.2, 0.25) is 0 Å². The maximum absolute atomic E-state index is 11.8. The first-order valence-corrected chi connectivity index (χ1v) is 5.78. The van der Waals surface area contributed by atoms with Crippen LogP contribution in [-0.2, 0) is 9.47 Å². The van der Waals surface area contributed by atoms with Gasteiger partial charge in [-0.05, 0) is 17.7 Å². The summed E-state index contributed by atoms with van der Waals surface area (Å²) >= 11 is 0. The first-order chi connectivity index (χ1) is 10.1. The molecule has 0 saturated heterocycles. The number of fused-ring (bicyclic) bond motifs is 1. The van der Waals surface area contributed by atoms with Crippen LogP contribution in [0, 0.1) is 0 Å². The highest BCUT2D eigenvalue weighted by Crippen LogP contribution is 2.29. The van der Waals surface area contributed by atoms with E-state index in [4.69, 9.17) is 5.53 Å². The van der Waals surface area contributed by atoms with E-state index in [1.165, 1.54) is 26.4 Å². The fraction of sp³-hybridized carbons (Fsp3) is 0.154. The number of benzene rings is 1. The summed E-state index contributed by atoms with van der Waals surface area (Å²) in [4.78, 5) is 30.2. The molecule has 0 fully saturated rings.